The van der Waals surface area contributed by atoms with Gasteiger partial charge in [0.2, 0.25) is 5.89 Å². The van der Waals surface area contributed by atoms with Gasteiger partial charge in [0.1, 0.15) is 0 Å². The quantitative estimate of drug-likeness (QED) is 0.879. The summed E-state index contributed by atoms with van der Waals surface area (Å²) in [6.07, 6.45) is 3.39. The van der Waals surface area contributed by atoms with E-state index in [1.807, 2.05) is 36.9 Å². The van der Waals surface area contributed by atoms with E-state index in [4.69, 9.17) is 4.52 Å². The van der Waals surface area contributed by atoms with Gasteiger partial charge in [-0.05, 0) is 17.5 Å². The summed E-state index contributed by atoms with van der Waals surface area (Å²) >= 11 is 0. The van der Waals surface area contributed by atoms with Gasteiger partial charge in [-0.15, -0.1) is 0 Å². The van der Waals surface area contributed by atoms with Gasteiger partial charge in [0.15, 0.2) is 5.82 Å². The zero-order valence-electron chi connectivity index (χ0n) is 10.3. The molecule has 0 aliphatic carbocycles. The van der Waals surface area contributed by atoms with Crippen LogP contribution in [0, 0.1) is 12.8 Å². The molecule has 1 atom stereocenters. The first-order valence-corrected chi connectivity index (χ1v) is 5.69. The van der Waals surface area contributed by atoms with Gasteiger partial charge in [0, 0.05) is 19.3 Å². The fourth-order valence-electron chi connectivity index (χ4n) is 1.69. The molecule has 92 valence electrons. The van der Waals surface area contributed by atoms with E-state index in [0.717, 1.165) is 5.56 Å². The molecule has 2 heterocycles. The zero-order valence-corrected chi connectivity index (χ0v) is 10.3. The molecule has 0 aromatic carbocycles. The van der Waals surface area contributed by atoms with Crippen molar-refractivity contribution in [3.63, 3.8) is 0 Å². The van der Waals surface area contributed by atoms with Gasteiger partial charge in [-0.3, -0.25) is 0 Å². The lowest BCUT2D eigenvalue weighted by atomic mass is 10.0. The van der Waals surface area contributed by atoms with Gasteiger partial charge >= 0.3 is 0 Å². The fourth-order valence-corrected chi connectivity index (χ4v) is 1.69. The maximum absolute atomic E-state index is 9.92. The normalized spacial score (nSPS) is 13.2. The minimum Gasteiger partial charge on any atom is -0.388 e. The van der Waals surface area contributed by atoms with E-state index in [2.05, 4.69) is 10.1 Å². The minimum atomic E-state index is -0.428. The summed E-state index contributed by atoms with van der Waals surface area (Å²) in [5.41, 5.74) is 0.917. The molecular weight excluding hydrogens is 218 g/mol. The highest BCUT2D eigenvalue weighted by Gasteiger charge is 2.13. The van der Waals surface area contributed by atoms with Crippen molar-refractivity contribution in [2.45, 2.75) is 33.4 Å². The summed E-state index contributed by atoms with van der Waals surface area (Å²) in [5.74, 6) is 1.41. The topological polar surface area (TPSA) is 64.1 Å². The Balaban J connectivity index is 2.08. The van der Waals surface area contributed by atoms with Crippen molar-refractivity contribution in [3.8, 4) is 0 Å². The predicted octanol–water partition coefficient (Wildman–Crippen LogP) is 1.92. The molecule has 0 saturated heterocycles. The van der Waals surface area contributed by atoms with Gasteiger partial charge < -0.3 is 14.2 Å². The minimum absolute atomic E-state index is 0.207. The molecule has 0 saturated carbocycles. The molecule has 1 unspecified atom stereocenters. The molecule has 2 aromatic rings. The molecule has 1 N–H and O–H groups in total. The van der Waals surface area contributed by atoms with E-state index in [0.29, 0.717) is 18.3 Å². The zero-order chi connectivity index (χ0) is 12.4. The maximum Gasteiger partial charge on any atom is 0.223 e. The molecule has 5 heteroatoms. The van der Waals surface area contributed by atoms with Crippen LogP contribution in [-0.4, -0.2) is 19.8 Å². The lowest BCUT2D eigenvalue weighted by Crippen LogP contribution is -2.04. The smallest absolute Gasteiger partial charge is 0.223 e. The maximum atomic E-state index is 9.92. The summed E-state index contributed by atoms with van der Waals surface area (Å²) < 4.78 is 6.84. The molecule has 0 radical (unpaired) electrons. The second-order valence-corrected chi connectivity index (χ2v) is 4.54. The highest BCUT2D eigenvalue weighted by molar-refractivity contribution is 5.14. The largest absolute Gasteiger partial charge is 0.388 e. The second kappa shape index (κ2) is 4.71. The molecule has 0 aliphatic heterocycles. The van der Waals surface area contributed by atoms with E-state index >= 15 is 0 Å². The SMILES string of the molecule is Cc1nc(Cn2ccc(C(O)C(C)C)c2)no1. The first-order chi connectivity index (χ1) is 8.06. The van der Waals surface area contributed by atoms with Crippen LogP contribution in [0.2, 0.25) is 0 Å². The van der Waals surface area contributed by atoms with Crippen molar-refractivity contribution < 1.29 is 9.63 Å². The molecule has 2 rings (SSSR count). The number of aliphatic hydroxyl groups excluding tert-OH is 1. The highest BCUT2D eigenvalue weighted by atomic mass is 16.5. The summed E-state index contributed by atoms with van der Waals surface area (Å²) in [5, 5.41) is 13.7. The van der Waals surface area contributed by atoms with Crippen LogP contribution >= 0.6 is 0 Å². The van der Waals surface area contributed by atoms with Crippen molar-refractivity contribution in [2.24, 2.45) is 5.92 Å². The van der Waals surface area contributed by atoms with Crippen LogP contribution < -0.4 is 0 Å². The molecule has 0 spiro atoms. The van der Waals surface area contributed by atoms with Crippen LogP contribution in [0.3, 0.4) is 0 Å². The summed E-state index contributed by atoms with van der Waals surface area (Å²) in [4.78, 5) is 4.13. The Bertz CT molecular complexity index is 487. The van der Waals surface area contributed by atoms with Gasteiger partial charge in [0.25, 0.3) is 0 Å². The number of rotatable bonds is 4. The summed E-state index contributed by atoms with van der Waals surface area (Å²) in [7, 11) is 0. The standard InChI is InChI=1S/C12H17N3O2/c1-8(2)12(16)10-4-5-15(6-10)7-11-13-9(3)17-14-11/h4-6,8,12,16H,7H2,1-3H3. The van der Waals surface area contributed by atoms with Crippen LogP contribution in [0.1, 0.15) is 37.2 Å². The monoisotopic (exact) mass is 235 g/mol. The number of aromatic nitrogens is 3. The number of nitrogens with zero attached hydrogens (tertiary/aromatic N) is 3. The number of hydrogen-bond acceptors (Lipinski definition) is 4. The number of hydrogen-bond donors (Lipinski definition) is 1. The Kier molecular flexibility index (Phi) is 3.28. The molecule has 5 nitrogen and oxygen atoms in total. The van der Waals surface area contributed by atoms with Crippen molar-refractivity contribution in [2.75, 3.05) is 0 Å². The van der Waals surface area contributed by atoms with E-state index < -0.39 is 6.10 Å². The molecule has 0 amide bonds. The van der Waals surface area contributed by atoms with Gasteiger partial charge in [-0.2, -0.15) is 4.98 Å². The highest BCUT2D eigenvalue weighted by Crippen LogP contribution is 2.21. The third kappa shape index (κ3) is 2.74. The van der Waals surface area contributed by atoms with Gasteiger partial charge in [-0.25, -0.2) is 0 Å². The van der Waals surface area contributed by atoms with E-state index in [1.54, 1.807) is 6.92 Å². The molecule has 2 aromatic heterocycles. The average Bonchev–Trinajstić information content (AvgIpc) is 2.87. The van der Waals surface area contributed by atoms with Crippen LogP contribution in [0.4, 0.5) is 0 Å². The van der Waals surface area contributed by atoms with E-state index in [9.17, 15) is 5.11 Å². The lowest BCUT2D eigenvalue weighted by Gasteiger charge is -2.12. The summed E-state index contributed by atoms with van der Waals surface area (Å²) in [6, 6.07) is 1.91. The van der Waals surface area contributed by atoms with Crippen molar-refractivity contribution in [1.82, 2.24) is 14.7 Å². The Morgan fingerprint density at radius 3 is 2.82 bits per heavy atom. The summed E-state index contributed by atoms with van der Waals surface area (Å²) in [6.45, 7) is 6.30. The van der Waals surface area contributed by atoms with Crippen LogP contribution in [0.25, 0.3) is 0 Å². The average molecular weight is 235 g/mol. The molecule has 17 heavy (non-hydrogen) atoms. The fraction of sp³-hybridized carbons (Fsp3) is 0.500. The van der Waals surface area contributed by atoms with Gasteiger partial charge in [-0.1, -0.05) is 19.0 Å². The van der Waals surface area contributed by atoms with Crippen molar-refractivity contribution in [3.05, 3.63) is 35.7 Å². The Morgan fingerprint density at radius 2 is 2.24 bits per heavy atom. The van der Waals surface area contributed by atoms with Crippen LogP contribution in [0.15, 0.2) is 23.0 Å². The second-order valence-electron chi connectivity index (χ2n) is 4.54. The van der Waals surface area contributed by atoms with Crippen LogP contribution in [0.5, 0.6) is 0 Å². The Labute approximate surface area is 100 Å². The number of aryl methyl sites for hydroxylation is 1. The third-order valence-corrected chi connectivity index (χ3v) is 2.64. The molecule has 0 aliphatic rings. The van der Waals surface area contributed by atoms with E-state index in [-0.39, 0.29) is 5.92 Å². The Morgan fingerprint density at radius 1 is 1.47 bits per heavy atom. The molecule has 0 fully saturated rings. The predicted molar refractivity (Wildman–Crippen MR) is 62.4 cm³/mol. The molecule has 0 bridgehead atoms. The first-order valence-electron chi connectivity index (χ1n) is 5.69. The lowest BCUT2D eigenvalue weighted by molar-refractivity contribution is 0.127. The Hall–Kier alpha value is -1.62. The van der Waals surface area contributed by atoms with E-state index in [1.165, 1.54) is 0 Å². The van der Waals surface area contributed by atoms with Gasteiger partial charge in [0.05, 0.1) is 12.6 Å². The number of aliphatic hydroxyl groups is 1. The first kappa shape index (κ1) is 11.9. The van der Waals surface area contributed by atoms with Crippen molar-refractivity contribution >= 4 is 0 Å². The molecular formula is C12H17N3O2. The van der Waals surface area contributed by atoms with Crippen LogP contribution in [-0.2, 0) is 6.54 Å². The third-order valence-electron chi connectivity index (χ3n) is 2.64. The van der Waals surface area contributed by atoms with Crippen molar-refractivity contribution in [1.29, 1.82) is 0 Å².